The fourth-order valence-corrected chi connectivity index (χ4v) is 2.26. The van der Waals surface area contributed by atoms with Crippen LogP contribution in [0.2, 0.25) is 5.02 Å². The van der Waals surface area contributed by atoms with Crippen LogP contribution in [0.5, 0.6) is 11.5 Å². The topological polar surface area (TPSA) is 43.4 Å². The van der Waals surface area contributed by atoms with Gasteiger partial charge in [0.25, 0.3) is 0 Å². The van der Waals surface area contributed by atoms with E-state index < -0.39 is 0 Å². The second kappa shape index (κ2) is 8.61. The van der Waals surface area contributed by atoms with Crippen LogP contribution >= 0.6 is 11.6 Å². The van der Waals surface area contributed by atoms with Crippen LogP contribution < -0.4 is 14.8 Å². The number of halogens is 1. The smallest absolute Gasteiger partial charge is 0.162 e. The Morgan fingerprint density at radius 3 is 2.77 bits per heavy atom. The van der Waals surface area contributed by atoms with E-state index >= 15 is 0 Å². The average Bonchev–Trinajstić information content (AvgIpc) is 2.55. The number of nitrogens with zero attached hydrogens (tertiary/aromatic N) is 1. The van der Waals surface area contributed by atoms with Crippen molar-refractivity contribution >= 4 is 11.6 Å². The van der Waals surface area contributed by atoms with E-state index in [0.717, 1.165) is 24.1 Å². The van der Waals surface area contributed by atoms with Crippen LogP contribution in [0.3, 0.4) is 0 Å². The minimum absolute atomic E-state index is 0.644. The fourth-order valence-electron chi connectivity index (χ4n) is 2.04. The van der Waals surface area contributed by atoms with E-state index in [1.807, 2.05) is 30.5 Å². The maximum atomic E-state index is 6.33. The lowest BCUT2D eigenvalue weighted by Crippen LogP contribution is -2.13. The number of ether oxygens (including phenoxy) is 2. The third-order valence-electron chi connectivity index (χ3n) is 3.16. The van der Waals surface area contributed by atoms with Crippen molar-refractivity contribution in [2.45, 2.75) is 26.4 Å². The quantitative estimate of drug-likeness (QED) is 0.803. The summed E-state index contributed by atoms with van der Waals surface area (Å²) in [4.78, 5) is 4.09. The number of aromatic nitrogens is 1. The van der Waals surface area contributed by atoms with Gasteiger partial charge in [0, 0.05) is 36.6 Å². The molecule has 1 N–H and O–H groups in total. The van der Waals surface area contributed by atoms with Gasteiger partial charge in [-0.3, -0.25) is 4.98 Å². The Labute approximate surface area is 136 Å². The van der Waals surface area contributed by atoms with Gasteiger partial charge in [0.2, 0.25) is 0 Å². The second-order valence-electron chi connectivity index (χ2n) is 4.91. The molecule has 1 aromatic carbocycles. The Hall–Kier alpha value is -1.78. The predicted molar refractivity (Wildman–Crippen MR) is 88.6 cm³/mol. The Morgan fingerprint density at radius 1 is 1.23 bits per heavy atom. The lowest BCUT2D eigenvalue weighted by Gasteiger charge is -2.14. The highest BCUT2D eigenvalue weighted by atomic mass is 35.5. The van der Waals surface area contributed by atoms with Gasteiger partial charge in [0.1, 0.15) is 0 Å². The maximum Gasteiger partial charge on any atom is 0.162 e. The Balaban J connectivity index is 2.01. The first-order valence-corrected chi connectivity index (χ1v) is 7.71. The molecule has 0 radical (unpaired) electrons. The molecular weight excluding hydrogens is 300 g/mol. The highest BCUT2D eigenvalue weighted by Gasteiger charge is 2.10. The van der Waals surface area contributed by atoms with Crippen molar-refractivity contribution in [2.75, 3.05) is 13.7 Å². The molecule has 2 aromatic rings. The van der Waals surface area contributed by atoms with E-state index in [2.05, 4.69) is 17.2 Å². The van der Waals surface area contributed by atoms with Crippen molar-refractivity contribution in [2.24, 2.45) is 0 Å². The summed E-state index contributed by atoms with van der Waals surface area (Å²) in [6.45, 7) is 4.09. The van der Waals surface area contributed by atoms with Crippen molar-refractivity contribution in [3.8, 4) is 11.5 Å². The van der Waals surface area contributed by atoms with Gasteiger partial charge in [-0.15, -0.1) is 0 Å². The molecule has 0 aliphatic rings. The minimum Gasteiger partial charge on any atom is -0.493 e. The molecule has 0 fully saturated rings. The molecule has 5 heteroatoms. The largest absolute Gasteiger partial charge is 0.493 e. The molecule has 22 heavy (non-hydrogen) atoms. The summed E-state index contributed by atoms with van der Waals surface area (Å²) < 4.78 is 11.0. The number of hydrogen-bond donors (Lipinski definition) is 1. The van der Waals surface area contributed by atoms with Gasteiger partial charge in [-0.25, -0.2) is 0 Å². The molecule has 2 rings (SSSR count). The van der Waals surface area contributed by atoms with Gasteiger partial charge in [-0.05, 0) is 29.7 Å². The van der Waals surface area contributed by atoms with E-state index in [0.29, 0.717) is 29.7 Å². The zero-order chi connectivity index (χ0) is 15.8. The summed E-state index contributed by atoms with van der Waals surface area (Å²) in [6.07, 6.45) is 4.55. The zero-order valence-corrected chi connectivity index (χ0v) is 13.7. The van der Waals surface area contributed by atoms with Gasteiger partial charge < -0.3 is 14.8 Å². The number of pyridine rings is 1. The van der Waals surface area contributed by atoms with Crippen molar-refractivity contribution in [3.63, 3.8) is 0 Å². The van der Waals surface area contributed by atoms with E-state index in [1.54, 1.807) is 13.3 Å². The molecular formula is C17H21ClN2O2. The van der Waals surface area contributed by atoms with Crippen molar-refractivity contribution in [3.05, 3.63) is 52.8 Å². The van der Waals surface area contributed by atoms with Gasteiger partial charge in [0.05, 0.1) is 13.7 Å². The van der Waals surface area contributed by atoms with E-state index in [9.17, 15) is 0 Å². The number of benzene rings is 1. The monoisotopic (exact) mass is 320 g/mol. The molecule has 0 aliphatic carbocycles. The molecule has 1 heterocycles. The summed E-state index contributed by atoms with van der Waals surface area (Å²) in [7, 11) is 1.63. The molecule has 4 nitrogen and oxygen atoms in total. The van der Waals surface area contributed by atoms with Gasteiger partial charge in [-0.2, -0.15) is 0 Å². The number of nitrogens with one attached hydrogen (secondary N) is 1. The maximum absolute atomic E-state index is 6.33. The zero-order valence-electron chi connectivity index (χ0n) is 12.9. The molecule has 0 aliphatic heterocycles. The molecule has 0 amide bonds. The summed E-state index contributed by atoms with van der Waals surface area (Å²) in [6, 6.07) is 7.69. The van der Waals surface area contributed by atoms with Crippen molar-refractivity contribution < 1.29 is 9.47 Å². The molecule has 1 aromatic heterocycles. The lowest BCUT2D eigenvalue weighted by atomic mass is 10.2. The first-order chi connectivity index (χ1) is 10.7. The van der Waals surface area contributed by atoms with Crippen LogP contribution in [0.4, 0.5) is 0 Å². The normalized spacial score (nSPS) is 10.5. The summed E-state index contributed by atoms with van der Waals surface area (Å²) in [5.74, 6) is 1.39. The first-order valence-electron chi connectivity index (χ1n) is 7.33. The number of hydrogen-bond acceptors (Lipinski definition) is 4. The molecule has 0 bridgehead atoms. The van der Waals surface area contributed by atoms with Crippen LogP contribution in [0.15, 0.2) is 36.7 Å². The van der Waals surface area contributed by atoms with Gasteiger partial charge >= 0.3 is 0 Å². The van der Waals surface area contributed by atoms with Crippen LogP contribution in [0.25, 0.3) is 0 Å². The Morgan fingerprint density at radius 2 is 2.09 bits per heavy atom. The molecule has 0 unspecified atom stereocenters. The van der Waals surface area contributed by atoms with Crippen LogP contribution in [0.1, 0.15) is 24.5 Å². The van der Waals surface area contributed by atoms with Crippen molar-refractivity contribution in [1.82, 2.24) is 10.3 Å². The Kier molecular flexibility index (Phi) is 6.49. The summed E-state index contributed by atoms with van der Waals surface area (Å²) >= 11 is 6.33. The SMILES string of the molecule is CCCOc1cc(Cl)c(CNCc2cccnc2)cc1OC. The highest BCUT2D eigenvalue weighted by Crippen LogP contribution is 2.33. The summed E-state index contributed by atoms with van der Waals surface area (Å²) in [5, 5.41) is 4.02. The lowest BCUT2D eigenvalue weighted by molar-refractivity contribution is 0.294. The van der Waals surface area contributed by atoms with Crippen LogP contribution in [-0.2, 0) is 13.1 Å². The molecule has 0 saturated carbocycles. The predicted octanol–water partition coefficient (Wildman–Crippen LogP) is 3.82. The molecule has 0 atom stereocenters. The third-order valence-corrected chi connectivity index (χ3v) is 3.51. The van der Waals surface area contributed by atoms with E-state index in [4.69, 9.17) is 21.1 Å². The fraction of sp³-hybridized carbons (Fsp3) is 0.353. The average molecular weight is 321 g/mol. The van der Waals surface area contributed by atoms with E-state index in [-0.39, 0.29) is 0 Å². The molecule has 0 spiro atoms. The third kappa shape index (κ3) is 4.61. The van der Waals surface area contributed by atoms with Gasteiger partial charge in [-0.1, -0.05) is 24.6 Å². The molecule has 0 saturated heterocycles. The Bertz CT molecular complexity index is 591. The standard InChI is InChI=1S/C17H21ClN2O2/c1-3-7-22-17-9-15(18)14(8-16(17)21-2)12-20-11-13-5-4-6-19-10-13/h4-6,8-10,20H,3,7,11-12H2,1-2H3. The first kappa shape index (κ1) is 16.6. The highest BCUT2D eigenvalue weighted by molar-refractivity contribution is 6.31. The van der Waals surface area contributed by atoms with Gasteiger partial charge in [0.15, 0.2) is 11.5 Å². The second-order valence-corrected chi connectivity index (χ2v) is 5.31. The van der Waals surface area contributed by atoms with Crippen molar-refractivity contribution in [1.29, 1.82) is 0 Å². The minimum atomic E-state index is 0.644. The summed E-state index contributed by atoms with van der Waals surface area (Å²) in [5.41, 5.74) is 2.11. The number of rotatable bonds is 8. The van der Waals surface area contributed by atoms with Crippen LogP contribution in [-0.4, -0.2) is 18.7 Å². The van der Waals surface area contributed by atoms with Crippen LogP contribution in [0, 0.1) is 0 Å². The number of methoxy groups -OCH3 is 1. The molecule has 118 valence electrons. The van der Waals surface area contributed by atoms with E-state index in [1.165, 1.54) is 0 Å².